The van der Waals surface area contributed by atoms with Gasteiger partial charge in [0.1, 0.15) is 0 Å². The molecule has 0 aliphatic heterocycles. The van der Waals surface area contributed by atoms with Crippen LogP contribution in [0.4, 0.5) is 8.78 Å². The van der Waals surface area contributed by atoms with Gasteiger partial charge in [-0.1, -0.05) is 6.92 Å². The lowest BCUT2D eigenvalue weighted by molar-refractivity contribution is 0.0610. The zero-order valence-electron chi connectivity index (χ0n) is 6.18. The van der Waals surface area contributed by atoms with Crippen LogP contribution in [0.3, 0.4) is 0 Å². The Labute approximate surface area is 59.3 Å². The first kappa shape index (κ1) is 9.78. The molecule has 0 aromatic carbocycles. The van der Waals surface area contributed by atoms with E-state index in [0.29, 0.717) is 0 Å². The van der Waals surface area contributed by atoms with Gasteiger partial charge in [0.05, 0.1) is 12.6 Å². The summed E-state index contributed by atoms with van der Waals surface area (Å²) in [5.74, 6) is -0.287. The Kier molecular flexibility index (Phi) is 4.47. The van der Waals surface area contributed by atoms with Crippen LogP contribution >= 0.6 is 0 Å². The van der Waals surface area contributed by atoms with Crippen LogP contribution in [0.2, 0.25) is 0 Å². The molecule has 0 aliphatic rings. The second-order valence-corrected chi connectivity index (χ2v) is 2.34. The van der Waals surface area contributed by atoms with Crippen LogP contribution in [-0.4, -0.2) is 26.2 Å². The molecule has 2 N–H and O–H groups in total. The van der Waals surface area contributed by atoms with Crippen molar-refractivity contribution in [2.75, 3.05) is 13.7 Å². The molecular weight excluding hydrogens is 140 g/mol. The first-order chi connectivity index (χ1) is 4.59. The minimum atomic E-state index is -2.45. The molecular formula is C6H13F2NO. The molecule has 0 saturated carbocycles. The summed E-state index contributed by atoms with van der Waals surface area (Å²) in [6, 6.07) is -1.07. The van der Waals surface area contributed by atoms with Crippen LogP contribution < -0.4 is 5.73 Å². The van der Waals surface area contributed by atoms with Crippen molar-refractivity contribution in [2.45, 2.75) is 19.4 Å². The topological polar surface area (TPSA) is 35.2 Å². The standard InChI is InChI=1S/C6H13F2NO/c1-4(3-10-2)5(9)6(7)8/h4-6H,3,9H2,1-2H3. The van der Waals surface area contributed by atoms with Gasteiger partial charge in [0.2, 0.25) is 0 Å². The van der Waals surface area contributed by atoms with Gasteiger partial charge in [-0.3, -0.25) is 0 Å². The minimum Gasteiger partial charge on any atom is -0.384 e. The SMILES string of the molecule is COCC(C)C(N)C(F)F. The Morgan fingerprint density at radius 1 is 1.50 bits per heavy atom. The van der Waals surface area contributed by atoms with Crippen molar-refractivity contribution in [3.63, 3.8) is 0 Å². The molecule has 0 fully saturated rings. The summed E-state index contributed by atoms with van der Waals surface area (Å²) >= 11 is 0. The second-order valence-electron chi connectivity index (χ2n) is 2.34. The van der Waals surface area contributed by atoms with Crippen LogP contribution in [0.5, 0.6) is 0 Å². The highest BCUT2D eigenvalue weighted by molar-refractivity contribution is 4.70. The normalized spacial score (nSPS) is 17.4. The maximum absolute atomic E-state index is 11.8. The fraction of sp³-hybridized carbons (Fsp3) is 1.00. The summed E-state index contributed by atoms with van der Waals surface area (Å²) in [6.07, 6.45) is -2.45. The van der Waals surface area contributed by atoms with Gasteiger partial charge in [0.25, 0.3) is 6.43 Å². The van der Waals surface area contributed by atoms with Gasteiger partial charge in [-0.05, 0) is 0 Å². The van der Waals surface area contributed by atoms with Gasteiger partial charge >= 0.3 is 0 Å². The van der Waals surface area contributed by atoms with Gasteiger partial charge in [-0.25, -0.2) is 8.78 Å². The van der Waals surface area contributed by atoms with Crippen molar-refractivity contribution in [3.05, 3.63) is 0 Å². The minimum absolute atomic E-state index is 0.283. The molecule has 2 atom stereocenters. The van der Waals surface area contributed by atoms with E-state index in [0.717, 1.165) is 0 Å². The van der Waals surface area contributed by atoms with Crippen molar-refractivity contribution >= 4 is 0 Å². The monoisotopic (exact) mass is 153 g/mol. The number of methoxy groups -OCH3 is 1. The number of halogens is 2. The number of alkyl halides is 2. The fourth-order valence-corrected chi connectivity index (χ4v) is 0.622. The summed E-state index contributed by atoms with van der Waals surface area (Å²) in [5, 5.41) is 0. The molecule has 0 aromatic heterocycles. The van der Waals surface area contributed by atoms with Gasteiger partial charge in [0.15, 0.2) is 0 Å². The number of hydrogen-bond acceptors (Lipinski definition) is 2. The van der Waals surface area contributed by atoms with Gasteiger partial charge in [0, 0.05) is 13.0 Å². The van der Waals surface area contributed by atoms with Crippen molar-refractivity contribution < 1.29 is 13.5 Å². The molecule has 62 valence electrons. The lowest BCUT2D eigenvalue weighted by Crippen LogP contribution is -2.37. The quantitative estimate of drug-likeness (QED) is 0.650. The zero-order valence-corrected chi connectivity index (χ0v) is 6.18. The molecule has 0 aromatic rings. The molecule has 0 heterocycles. The predicted molar refractivity (Wildman–Crippen MR) is 35.0 cm³/mol. The Balaban J connectivity index is 3.58. The number of ether oxygens (including phenoxy) is 1. The van der Waals surface area contributed by atoms with Crippen LogP contribution in [0.1, 0.15) is 6.92 Å². The maximum atomic E-state index is 11.8. The lowest BCUT2D eigenvalue weighted by atomic mass is 10.1. The summed E-state index contributed by atoms with van der Waals surface area (Å²) in [6.45, 7) is 1.92. The van der Waals surface area contributed by atoms with Crippen LogP contribution in [0.15, 0.2) is 0 Å². The van der Waals surface area contributed by atoms with Crippen molar-refractivity contribution in [3.8, 4) is 0 Å². The number of rotatable bonds is 4. The largest absolute Gasteiger partial charge is 0.384 e. The third kappa shape index (κ3) is 3.08. The highest BCUT2D eigenvalue weighted by atomic mass is 19.3. The predicted octanol–water partition coefficient (Wildman–Crippen LogP) is 0.861. The lowest BCUT2D eigenvalue weighted by Gasteiger charge is -2.17. The molecule has 0 amide bonds. The van der Waals surface area contributed by atoms with E-state index >= 15 is 0 Å². The number of hydrogen-bond donors (Lipinski definition) is 1. The fourth-order valence-electron chi connectivity index (χ4n) is 0.622. The van der Waals surface area contributed by atoms with E-state index in [-0.39, 0.29) is 12.5 Å². The van der Waals surface area contributed by atoms with E-state index in [4.69, 9.17) is 5.73 Å². The van der Waals surface area contributed by atoms with Gasteiger partial charge in [-0.15, -0.1) is 0 Å². The Morgan fingerprint density at radius 2 is 2.00 bits per heavy atom. The average molecular weight is 153 g/mol. The molecule has 10 heavy (non-hydrogen) atoms. The van der Waals surface area contributed by atoms with Crippen molar-refractivity contribution in [2.24, 2.45) is 11.7 Å². The highest BCUT2D eigenvalue weighted by Gasteiger charge is 2.21. The third-order valence-corrected chi connectivity index (χ3v) is 1.38. The molecule has 0 radical (unpaired) electrons. The molecule has 0 saturated heterocycles. The smallest absolute Gasteiger partial charge is 0.253 e. The van der Waals surface area contributed by atoms with E-state index < -0.39 is 12.5 Å². The third-order valence-electron chi connectivity index (χ3n) is 1.38. The molecule has 0 spiro atoms. The molecule has 0 bridgehead atoms. The zero-order chi connectivity index (χ0) is 8.15. The van der Waals surface area contributed by atoms with Crippen molar-refractivity contribution in [1.82, 2.24) is 0 Å². The van der Waals surface area contributed by atoms with Crippen LogP contribution in [0, 0.1) is 5.92 Å². The van der Waals surface area contributed by atoms with Gasteiger partial charge in [-0.2, -0.15) is 0 Å². The van der Waals surface area contributed by atoms with E-state index in [1.807, 2.05) is 0 Å². The van der Waals surface area contributed by atoms with E-state index in [9.17, 15) is 8.78 Å². The number of nitrogens with two attached hydrogens (primary N) is 1. The van der Waals surface area contributed by atoms with Gasteiger partial charge < -0.3 is 10.5 Å². The summed E-state index contributed by atoms with van der Waals surface area (Å²) < 4.78 is 28.3. The summed E-state index contributed by atoms with van der Waals surface area (Å²) in [4.78, 5) is 0. The summed E-state index contributed by atoms with van der Waals surface area (Å²) in [5.41, 5.74) is 5.12. The Hall–Kier alpha value is -0.220. The highest BCUT2D eigenvalue weighted by Crippen LogP contribution is 2.08. The molecule has 4 heteroatoms. The van der Waals surface area contributed by atoms with E-state index in [1.54, 1.807) is 6.92 Å². The molecule has 2 nitrogen and oxygen atoms in total. The summed E-state index contributed by atoms with van der Waals surface area (Å²) in [7, 11) is 1.47. The van der Waals surface area contributed by atoms with Crippen LogP contribution in [0.25, 0.3) is 0 Å². The second kappa shape index (κ2) is 4.57. The van der Waals surface area contributed by atoms with E-state index in [2.05, 4.69) is 4.74 Å². The van der Waals surface area contributed by atoms with Crippen molar-refractivity contribution in [1.29, 1.82) is 0 Å². The maximum Gasteiger partial charge on any atom is 0.253 e. The molecule has 0 rings (SSSR count). The first-order valence-corrected chi connectivity index (χ1v) is 3.12. The van der Waals surface area contributed by atoms with Crippen LogP contribution in [-0.2, 0) is 4.74 Å². The van der Waals surface area contributed by atoms with E-state index in [1.165, 1.54) is 7.11 Å². The average Bonchev–Trinajstić information content (AvgIpc) is 1.87. The Morgan fingerprint density at radius 3 is 2.30 bits per heavy atom. The molecule has 2 unspecified atom stereocenters. The first-order valence-electron chi connectivity index (χ1n) is 3.12. The molecule has 0 aliphatic carbocycles. The Bertz CT molecular complexity index is 89.8.